The monoisotopic (exact) mass is 251 g/mol. The van der Waals surface area contributed by atoms with E-state index in [1.807, 2.05) is 4.90 Å². The third-order valence-electron chi connectivity index (χ3n) is 2.82. The van der Waals surface area contributed by atoms with Crippen molar-refractivity contribution in [3.63, 3.8) is 0 Å². The van der Waals surface area contributed by atoms with Crippen LogP contribution in [0.4, 0.5) is 5.69 Å². The van der Waals surface area contributed by atoms with Crippen molar-refractivity contribution < 1.29 is 9.90 Å². The van der Waals surface area contributed by atoms with Crippen LogP contribution >= 0.6 is 11.6 Å². The molecule has 1 fully saturated rings. The molecule has 0 radical (unpaired) electrons. The molecule has 2 rings (SSSR count). The van der Waals surface area contributed by atoms with Gasteiger partial charge < -0.3 is 10.0 Å². The molecule has 1 N–H and O–H groups in total. The lowest BCUT2D eigenvalue weighted by Gasteiger charge is -2.25. The molecule has 0 heterocycles. The Morgan fingerprint density at radius 3 is 2.82 bits per heavy atom. The van der Waals surface area contributed by atoms with E-state index in [9.17, 15) is 9.90 Å². The van der Waals surface area contributed by atoms with Crippen LogP contribution in [0.3, 0.4) is 0 Å². The van der Waals surface area contributed by atoms with Crippen LogP contribution in [0.2, 0.25) is 5.02 Å². The van der Waals surface area contributed by atoms with Gasteiger partial charge in [0.05, 0.1) is 16.3 Å². The van der Waals surface area contributed by atoms with Crippen molar-refractivity contribution in [2.75, 3.05) is 11.4 Å². The van der Waals surface area contributed by atoms with Gasteiger partial charge in [-0.2, -0.15) is 0 Å². The van der Waals surface area contributed by atoms with Crippen LogP contribution in [0.15, 0.2) is 30.9 Å². The molecule has 1 aromatic carbocycles. The number of nitrogens with zero attached hydrogens (tertiary/aromatic N) is 1. The van der Waals surface area contributed by atoms with Gasteiger partial charge in [0, 0.05) is 12.6 Å². The molecular weight excluding hydrogens is 238 g/mol. The molecule has 1 aromatic rings. The second kappa shape index (κ2) is 4.80. The van der Waals surface area contributed by atoms with Gasteiger partial charge in [-0.1, -0.05) is 23.7 Å². The Balaban J connectivity index is 2.46. The number of anilines is 1. The minimum absolute atomic E-state index is 0.256. The van der Waals surface area contributed by atoms with E-state index in [0.29, 0.717) is 23.3 Å². The van der Waals surface area contributed by atoms with E-state index >= 15 is 0 Å². The molecule has 0 saturated heterocycles. The molecule has 90 valence electrons. The maximum atomic E-state index is 11.2. The largest absolute Gasteiger partial charge is 0.478 e. The second-order valence-electron chi connectivity index (χ2n) is 4.11. The van der Waals surface area contributed by atoms with Gasteiger partial charge in [0.15, 0.2) is 0 Å². The first-order valence-corrected chi connectivity index (χ1v) is 5.92. The van der Waals surface area contributed by atoms with E-state index in [1.165, 1.54) is 0 Å². The number of aromatic carboxylic acids is 1. The summed E-state index contributed by atoms with van der Waals surface area (Å²) in [6, 6.07) is 5.36. The van der Waals surface area contributed by atoms with Gasteiger partial charge in [-0.15, -0.1) is 6.58 Å². The maximum Gasteiger partial charge on any atom is 0.337 e. The highest BCUT2D eigenvalue weighted by Gasteiger charge is 2.31. The van der Waals surface area contributed by atoms with Gasteiger partial charge in [0.25, 0.3) is 0 Å². The first-order valence-electron chi connectivity index (χ1n) is 5.54. The Bertz CT molecular complexity index is 455. The standard InChI is InChI=1S/C13H14ClNO2/c1-2-8-15(9-6-7-9)12-10(13(16)17)4-3-5-11(12)14/h2-5,9H,1,6-8H2,(H,16,17). The van der Waals surface area contributed by atoms with E-state index in [4.69, 9.17) is 11.6 Å². The maximum absolute atomic E-state index is 11.2. The molecule has 0 amide bonds. The Labute approximate surface area is 105 Å². The summed E-state index contributed by atoms with van der Waals surface area (Å²) >= 11 is 6.14. The van der Waals surface area contributed by atoms with E-state index in [1.54, 1.807) is 24.3 Å². The summed E-state index contributed by atoms with van der Waals surface area (Å²) in [7, 11) is 0. The van der Waals surface area contributed by atoms with Crippen LogP contribution in [0.25, 0.3) is 0 Å². The first kappa shape index (κ1) is 12.0. The fourth-order valence-electron chi connectivity index (χ4n) is 1.93. The van der Waals surface area contributed by atoms with Crippen LogP contribution < -0.4 is 4.90 Å². The van der Waals surface area contributed by atoms with Crippen molar-refractivity contribution in [3.05, 3.63) is 41.4 Å². The Morgan fingerprint density at radius 1 is 1.59 bits per heavy atom. The third kappa shape index (κ3) is 2.44. The number of hydrogen-bond acceptors (Lipinski definition) is 2. The Hall–Kier alpha value is -1.48. The second-order valence-corrected chi connectivity index (χ2v) is 4.52. The number of hydrogen-bond donors (Lipinski definition) is 1. The quantitative estimate of drug-likeness (QED) is 0.817. The van der Waals surface area contributed by atoms with Crippen molar-refractivity contribution in [1.29, 1.82) is 0 Å². The van der Waals surface area contributed by atoms with Gasteiger partial charge in [0.2, 0.25) is 0 Å². The summed E-state index contributed by atoms with van der Waals surface area (Å²) in [6.07, 6.45) is 3.93. The summed E-state index contributed by atoms with van der Waals surface area (Å²) in [6.45, 7) is 4.33. The number of para-hydroxylation sites is 1. The molecule has 4 heteroatoms. The molecule has 0 spiro atoms. The average molecular weight is 252 g/mol. The predicted molar refractivity (Wildman–Crippen MR) is 69.0 cm³/mol. The van der Waals surface area contributed by atoms with Crippen LogP contribution in [-0.4, -0.2) is 23.7 Å². The highest BCUT2D eigenvalue weighted by Crippen LogP contribution is 2.37. The summed E-state index contributed by atoms with van der Waals surface area (Å²) in [4.78, 5) is 13.2. The lowest BCUT2D eigenvalue weighted by Crippen LogP contribution is -2.27. The topological polar surface area (TPSA) is 40.5 Å². The molecule has 0 unspecified atom stereocenters. The molecule has 1 aliphatic rings. The zero-order valence-electron chi connectivity index (χ0n) is 9.40. The Kier molecular flexibility index (Phi) is 3.38. The molecule has 1 aliphatic carbocycles. The van der Waals surface area contributed by atoms with Crippen LogP contribution in [0.1, 0.15) is 23.2 Å². The minimum Gasteiger partial charge on any atom is -0.478 e. The Morgan fingerprint density at radius 2 is 2.29 bits per heavy atom. The average Bonchev–Trinajstić information content (AvgIpc) is 3.10. The van der Waals surface area contributed by atoms with Crippen molar-refractivity contribution in [2.45, 2.75) is 18.9 Å². The van der Waals surface area contributed by atoms with E-state index in [-0.39, 0.29) is 5.56 Å². The number of halogens is 1. The summed E-state index contributed by atoms with van der Waals surface area (Å²) < 4.78 is 0. The lowest BCUT2D eigenvalue weighted by atomic mass is 10.1. The van der Waals surface area contributed by atoms with Crippen LogP contribution in [0, 0.1) is 0 Å². The third-order valence-corrected chi connectivity index (χ3v) is 3.12. The molecule has 17 heavy (non-hydrogen) atoms. The number of carboxylic acids is 1. The molecule has 1 saturated carbocycles. The van der Waals surface area contributed by atoms with Crippen molar-refractivity contribution in [3.8, 4) is 0 Å². The van der Waals surface area contributed by atoms with Crippen LogP contribution in [0.5, 0.6) is 0 Å². The highest BCUT2D eigenvalue weighted by atomic mass is 35.5. The van der Waals surface area contributed by atoms with E-state index in [2.05, 4.69) is 6.58 Å². The van der Waals surface area contributed by atoms with Gasteiger partial charge in [-0.25, -0.2) is 4.79 Å². The van der Waals surface area contributed by atoms with Crippen molar-refractivity contribution in [2.24, 2.45) is 0 Å². The molecule has 3 nitrogen and oxygen atoms in total. The number of benzene rings is 1. The summed E-state index contributed by atoms with van der Waals surface area (Å²) in [5.41, 5.74) is 0.871. The molecular formula is C13H14ClNO2. The predicted octanol–water partition coefficient (Wildman–Crippen LogP) is 3.19. The molecule has 0 aromatic heterocycles. The number of carboxylic acid groups (broad SMARTS) is 1. The molecule has 0 bridgehead atoms. The molecule has 0 aliphatic heterocycles. The van der Waals surface area contributed by atoms with Gasteiger partial charge in [0.1, 0.15) is 0 Å². The fraction of sp³-hybridized carbons (Fsp3) is 0.308. The zero-order valence-corrected chi connectivity index (χ0v) is 10.2. The SMILES string of the molecule is C=CCN(c1c(Cl)cccc1C(=O)O)C1CC1. The van der Waals surface area contributed by atoms with Gasteiger partial charge in [-0.05, 0) is 25.0 Å². The number of rotatable bonds is 5. The van der Waals surface area contributed by atoms with Gasteiger partial charge in [-0.3, -0.25) is 0 Å². The summed E-state index contributed by atoms with van der Waals surface area (Å²) in [5.74, 6) is -0.947. The zero-order chi connectivity index (χ0) is 12.4. The van der Waals surface area contributed by atoms with Crippen molar-refractivity contribution in [1.82, 2.24) is 0 Å². The summed E-state index contributed by atoms with van der Waals surface area (Å²) in [5, 5.41) is 9.68. The van der Waals surface area contributed by atoms with E-state index < -0.39 is 5.97 Å². The first-order chi connectivity index (χ1) is 8.15. The normalized spacial score (nSPS) is 14.4. The number of carbonyl (C=O) groups is 1. The highest BCUT2D eigenvalue weighted by molar-refractivity contribution is 6.34. The fourth-order valence-corrected chi connectivity index (χ4v) is 2.21. The van der Waals surface area contributed by atoms with Crippen LogP contribution in [-0.2, 0) is 0 Å². The van der Waals surface area contributed by atoms with Gasteiger partial charge >= 0.3 is 5.97 Å². The lowest BCUT2D eigenvalue weighted by molar-refractivity contribution is 0.0697. The van der Waals surface area contributed by atoms with Crippen molar-refractivity contribution >= 4 is 23.3 Å². The molecule has 0 atom stereocenters. The van der Waals surface area contributed by atoms with E-state index in [0.717, 1.165) is 12.8 Å². The minimum atomic E-state index is -0.947. The smallest absolute Gasteiger partial charge is 0.337 e.